The Bertz CT molecular complexity index is 829. The summed E-state index contributed by atoms with van der Waals surface area (Å²) in [5.41, 5.74) is 1.28. The van der Waals surface area contributed by atoms with Crippen molar-refractivity contribution in [1.29, 1.82) is 0 Å². The molecule has 0 aromatic heterocycles. The van der Waals surface area contributed by atoms with Crippen molar-refractivity contribution in [3.8, 4) is 11.5 Å². The van der Waals surface area contributed by atoms with E-state index in [1.165, 1.54) is 25.7 Å². The van der Waals surface area contributed by atoms with Gasteiger partial charge in [-0.2, -0.15) is 0 Å². The van der Waals surface area contributed by atoms with Crippen LogP contribution in [0.1, 0.15) is 49.4 Å². The second kappa shape index (κ2) is 12.6. The van der Waals surface area contributed by atoms with Crippen molar-refractivity contribution < 1.29 is 14.3 Å². The molecule has 1 amide bonds. The number of halogens is 1. The van der Waals surface area contributed by atoms with Crippen LogP contribution >= 0.6 is 34.8 Å². The zero-order chi connectivity index (χ0) is 21.1. The summed E-state index contributed by atoms with van der Waals surface area (Å²) in [6.07, 6.45) is 6.00. The average molecular weight is 526 g/mol. The molecule has 0 saturated carbocycles. The fourth-order valence-corrected chi connectivity index (χ4v) is 3.65. The van der Waals surface area contributed by atoms with Crippen molar-refractivity contribution in [3.63, 3.8) is 0 Å². The monoisotopic (exact) mass is 526 g/mol. The molecule has 7 heteroatoms. The van der Waals surface area contributed by atoms with Crippen LogP contribution in [0.15, 0.2) is 42.5 Å². The van der Waals surface area contributed by atoms with Gasteiger partial charge in [0.05, 0.1) is 17.3 Å². The second-order valence-electron chi connectivity index (χ2n) is 6.55. The van der Waals surface area contributed by atoms with Gasteiger partial charge in [-0.25, -0.2) is 0 Å². The van der Waals surface area contributed by atoms with Crippen molar-refractivity contribution in [1.82, 2.24) is 5.32 Å². The van der Waals surface area contributed by atoms with Crippen LogP contribution in [0.3, 0.4) is 0 Å². The van der Waals surface area contributed by atoms with Gasteiger partial charge in [0.15, 0.2) is 5.11 Å². The zero-order valence-electron chi connectivity index (χ0n) is 16.8. The van der Waals surface area contributed by atoms with Crippen molar-refractivity contribution in [2.24, 2.45) is 0 Å². The molecule has 2 rings (SSSR count). The standard InChI is InChI=1S/C22H27IN2O3S/c1-3-4-5-6-7-13-28-18-10-8-9-17(15-18)24-22(29)25-21(26)16-11-12-20(27-2)19(23)14-16/h8-12,14-15H,3-7,13H2,1-2H3,(H2,24,25,26,29). The second-order valence-corrected chi connectivity index (χ2v) is 8.12. The van der Waals surface area contributed by atoms with Crippen LogP contribution in [0.2, 0.25) is 0 Å². The van der Waals surface area contributed by atoms with Crippen molar-refractivity contribution in [3.05, 3.63) is 51.6 Å². The van der Waals surface area contributed by atoms with Crippen molar-refractivity contribution >= 4 is 51.5 Å². The number of methoxy groups -OCH3 is 1. The molecule has 0 unspecified atom stereocenters. The Labute approximate surface area is 191 Å². The molecule has 0 bridgehead atoms. The fourth-order valence-electron chi connectivity index (χ4n) is 2.70. The van der Waals surface area contributed by atoms with E-state index in [2.05, 4.69) is 40.1 Å². The van der Waals surface area contributed by atoms with Gasteiger partial charge >= 0.3 is 0 Å². The number of rotatable bonds is 10. The predicted octanol–water partition coefficient (Wildman–Crippen LogP) is 5.78. The van der Waals surface area contributed by atoms with Crippen LogP contribution < -0.4 is 20.1 Å². The third-order valence-electron chi connectivity index (χ3n) is 4.25. The largest absolute Gasteiger partial charge is 0.496 e. The first-order valence-electron chi connectivity index (χ1n) is 9.72. The summed E-state index contributed by atoms with van der Waals surface area (Å²) < 4.78 is 11.9. The van der Waals surface area contributed by atoms with Gasteiger partial charge in [0, 0.05) is 17.3 Å². The summed E-state index contributed by atoms with van der Waals surface area (Å²) in [5.74, 6) is 1.23. The van der Waals surface area contributed by atoms with Crippen molar-refractivity contribution in [2.75, 3.05) is 19.0 Å². The SMILES string of the molecule is CCCCCCCOc1cccc(NC(=S)NC(=O)c2ccc(OC)c(I)c2)c1. The molecule has 0 aliphatic rings. The Kier molecular flexibility index (Phi) is 10.2. The molecular formula is C22H27IN2O3S. The highest BCUT2D eigenvalue weighted by Gasteiger charge is 2.11. The van der Waals surface area contributed by atoms with Crippen LogP contribution in [-0.2, 0) is 0 Å². The molecule has 2 N–H and O–H groups in total. The maximum Gasteiger partial charge on any atom is 0.257 e. The highest BCUT2D eigenvalue weighted by Crippen LogP contribution is 2.22. The Morgan fingerprint density at radius 2 is 1.90 bits per heavy atom. The van der Waals surface area contributed by atoms with Gasteiger partial charge in [-0.05, 0) is 71.6 Å². The Morgan fingerprint density at radius 1 is 1.10 bits per heavy atom. The summed E-state index contributed by atoms with van der Waals surface area (Å²) in [7, 11) is 1.60. The van der Waals surface area contributed by atoms with E-state index in [9.17, 15) is 4.79 Å². The third kappa shape index (κ3) is 8.18. The summed E-state index contributed by atoms with van der Waals surface area (Å²) >= 11 is 7.40. The number of benzene rings is 2. The van der Waals surface area contributed by atoms with Crippen LogP contribution in [0, 0.1) is 3.57 Å². The maximum atomic E-state index is 12.4. The van der Waals surface area contributed by atoms with Gasteiger partial charge in [0.25, 0.3) is 5.91 Å². The van der Waals surface area contributed by atoms with E-state index < -0.39 is 0 Å². The van der Waals surface area contributed by atoms with E-state index in [1.54, 1.807) is 25.3 Å². The van der Waals surface area contributed by atoms with E-state index in [-0.39, 0.29) is 11.0 Å². The number of nitrogens with one attached hydrogen (secondary N) is 2. The molecule has 0 atom stereocenters. The molecule has 0 fully saturated rings. The quantitative estimate of drug-likeness (QED) is 0.234. The molecule has 0 aliphatic carbocycles. The molecule has 156 valence electrons. The number of hydrogen-bond acceptors (Lipinski definition) is 4. The van der Waals surface area contributed by atoms with E-state index in [0.717, 1.165) is 27.2 Å². The predicted molar refractivity (Wildman–Crippen MR) is 130 cm³/mol. The first-order chi connectivity index (χ1) is 14.0. The average Bonchev–Trinajstić information content (AvgIpc) is 2.70. The van der Waals surface area contributed by atoms with Gasteiger partial charge in [-0.3, -0.25) is 10.1 Å². The number of amides is 1. The number of unbranched alkanes of at least 4 members (excludes halogenated alkanes) is 4. The lowest BCUT2D eigenvalue weighted by molar-refractivity contribution is 0.0977. The number of anilines is 1. The van der Waals surface area contributed by atoms with Gasteiger partial charge in [-0.1, -0.05) is 38.7 Å². The maximum absolute atomic E-state index is 12.4. The Hall–Kier alpha value is -1.87. The van der Waals surface area contributed by atoms with Gasteiger partial charge in [0.1, 0.15) is 11.5 Å². The summed E-state index contributed by atoms with van der Waals surface area (Å²) in [6, 6.07) is 12.8. The minimum atomic E-state index is -0.275. The molecule has 0 radical (unpaired) electrons. The fraction of sp³-hybridized carbons (Fsp3) is 0.364. The van der Waals surface area contributed by atoms with Gasteiger partial charge in [0.2, 0.25) is 0 Å². The number of hydrogen-bond donors (Lipinski definition) is 2. The first kappa shape index (κ1) is 23.4. The minimum absolute atomic E-state index is 0.234. The number of ether oxygens (including phenoxy) is 2. The van der Waals surface area contributed by atoms with E-state index in [4.69, 9.17) is 21.7 Å². The summed E-state index contributed by atoms with van der Waals surface area (Å²) in [4.78, 5) is 12.4. The summed E-state index contributed by atoms with van der Waals surface area (Å²) in [6.45, 7) is 2.91. The molecule has 2 aromatic carbocycles. The number of thiocarbonyl (C=S) groups is 1. The highest BCUT2D eigenvalue weighted by molar-refractivity contribution is 14.1. The molecule has 0 aliphatic heterocycles. The van der Waals surface area contributed by atoms with Gasteiger partial charge < -0.3 is 14.8 Å². The van der Waals surface area contributed by atoms with E-state index in [1.807, 2.05) is 24.3 Å². The molecule has 5 nitrogen and oxygen atoms in total. The minimum Gasteiger partial charge on any atom is -0.496 e. The summed E-state index contributed by atoms with van der Waals surface area (Å²) in [5, 5.41) is 5.96. The van der Waals surface area contributed by atoms with Crippen LogP contribution in [0.4, 0.5) is 5.69 Å². The molecule has 29 heavy (non-hydrogen) atoms. The first-order valence-corrected chi connectivity index (χ1v) is 11.2. The molecule has 0 heterocycles. The van der Waals surface area contributed by atoms with Gasteiger partial charge in [-0.15, -0.1) is 0 Å². The topological polar surface area (TPSA) is 59.6 Å². The molecular weight excluding hydrogens is 499 g/mol. The lowest BCUT2D eigenvalue weighted by Gasteiger charge is -2.12. The number of carbonyl (C=O) groups is 1. The van der Waals surface area contributed by atoms with Crippen LogP contribution in [0.25, 0.3) is 0 Å². The zero-order valence-corrected chi connectivity index (χ0v) is 19.8. The highest BCUT2D eigenvalue weighted by atomic mass is 127. The molecule has 0 spiro atoms. The lowest BCUT2D eigenvalue weighted by atomic mass is 10.2. The smallest absolute Gasteiger partial charge is 0.257 e. The third-order valence-corrected chi connectivity index (χ3v) is 5.30. The Balaban J connectivity index is 1.84. The van der Waals surface area contributed by atoms with Crippen LogP contribution in [0.5, 0.6) is 11.5 Å². The van der Waals surface area contributed by atoms with Crippen molar-refractivity contribution in [2.45, 2.75) is 39.0 Å². The molecule has 2 aromatic rings. The number of carbonyl (C=O) groups excluding carboxylic acids is 1. The Morgan fingerprint density at radius 3 is 2.62 bits per heavy atom. The lowest BCUT2D eigenvalue weighted by Crippen LogP contribution is -2.34. The van der Waals surface area contributed by atoms with Crippen LogP contribution in [-0.4, -0.2) is 24.7 Å². The van der Waals surface area contributed by atoms with E-state index >= 15 is 0 Å². The molecule has 0 saturated heterocycles. The van der Waals surface area contributed by atoms with E-state index in [0.29, 0.717) is 12.2 Å². The normalized spacial score (nSPS) is 10.3.